The number of aryl methyl sites for hydroxylation is 1. The molecule has 0 aromatic heterocycles. The Balaban J connectivity index is 1.91. The van der Waals surface area contributed by atoms with Crippen LogP contribution in [0.25, 0.3) is 0 Å². The number of fused-ring (bicyclic) bond motifs is 1. The van der Waals surface area contributed by atoms with Crippen LogP contribution < -0.4 is 4.74 Å². The summed E-state index contributed by atoms with van der Waals surface area (Å²) in [5.74, 6) is -0.345. The summed E-state index contributed by atoms with van der Waals surface area (Å²) < 4.78 is 5.83. The molecule has 130 valence electrons. The molecule has 0 saturated heterocycles. The summed E-state index contributed by atoms with van der Waals surface area (Å²) in [5.41, 5.74) is 2.64. The number of carbonyl (C=O) groups excluding carboxylic acids is 1. The third kappa shape index (κ3) is 3.45. The summed E-state index contributed by atoms with van der Waals surface area (Å²) >= 11 is 0. The number of ether oxygens (including phenoxy) is 1. The van der Waals surface area contributed by atoms with E-state index < -0.39 is 6.10 Å². The Bertz CT molecular complexity index is 853. The Kier molecular flexibility index (Phi) is 4.40. The topological polar surface area (TPSA) is 87.0 Å². The molecule has 1 aliphatic heterocycles. The number of phenolic OH excluding ortho intramolecular Hbond substituents is 3. The largest absolute Gasteiger partial charge is 0.508 e. The Morgan fingerprint density at radius 1 is 1.20 bits per heavy atom. The van der Waals surface area contributed by atoms with Gasteiger partial charge in [0.1, 0.15) is 34.7 Å². The lowest BCUT2D eigenvalue weighted by Crippen LogP contribution is -2.20. The molecule has 0 saturated carbocycles. The standard InChI is InChI=1S/C20H20O5/c1-11(2)3-4-12-7-13(5-6-15(12)22)18-10-17(24)20-16(23)8-14(21)9-19(20)25-18/h5-9,18,21-23H,1,3-4,10H2,2H3. The van der Waals surface area contributed by atoms with Crippen molar-refractivity contribution < 1.29 is 24.9 Å². The van der Waals surface area contributed by atoms with Gasteiger partial charge in [-0.25, -0.2) is 0 Å². The number of allylic oxidation sites excluding steroid dienone is 1. The molecule has 1 aliphatic rings. The van der Waals surface area contributed by atoms with Gasteiger partial charge in [0.25, 0.3) is 0 Å². The molecule has 0 amide bonds. The summed E-state index contributed by atoms with van der Waals surface area (Å²) in [6.45, 7) is 5.80. The molecule has 1 unspecified atom stereocenters. The highest BCUT2D eigenvalue weighted by Crippen LogP contribution is 2.42. The quantitative estimate of drug-likeness (QED) is 0.732. The van der Waals surface area contributed by atoms with E-state index in [9.17, 15) is 20.1 Å². The predicted octanol–water partition coefficient (Wildman–Crippen LogP) is 4.02. The second kappa shape index (κ2) is 6.51. The van der Waals surface area contributed by atoms with Gasteiger partial charge in [0.15, 0.2) is 5.78 Å². The fourth-order valence-electron chi connectivity index (χ4n) is 2.97. The van der Waals surface area contributed by atoms with E-state index in [2.05, 4.69) is 6.58 Å². The van der Waals surface area contributed by atoms with Gasteiger partial charge in [0.05, 0.1) is 6.42 Å². The highest BCUT2D eigenvalue weighted by molar-refractivity contribution is 6.02. The number of rotatable bonds is 4. The molecule has 0 bridgehead atoms. The van der Waals surface area contributed by atoms with Crippen LogP contribution in [0.1, 0.15) is 47.4 Å². The number of aromatic hydroxyl groups is 3. The number of Topliss-reactive ketones (excluding diaryl/α,β-unsaturated/α-hetero) is 1. The number of benzene rings is 2. The first kappa shape index (κ1) is 16.9. The van der Waals surface area contributed by atoms with Crippen LogP contribution in [0.5, 0.6) is 23.0 Å². The Morgan fingerprint density at radius 3 is 2.68 bits per heavy atom. The van der Waals surface area contributed by atoms with Gasteiger partial charge < -0.3 is 20.1 Å². The number of hydrogen-bond donors (Lipinski definition) is 3. The zero-order valence-corrected chi connectivity index (χ0v) is 14.0. The fourth-order valence-corrected chi connectivity index (χ4v) is 2.97. The number of carbonyl (C=O) groups is 1. The first-order valence-electron chi connectivity index (χ1n) is 8.07. The minimum Gasteiger partial charge on any atom is -0.508 e. The van der Waals surface area contributed by atoms with Crippen LogP contribution in [-0.4, -0.2) is 21.1 Å². The molecule has 0 radical (unpaired) electrons. The minimum absolute atomic E-state index is 0.0794. The van der Waals surface area contributed by atoms with Crippen molar-refractivity contribution in [1.29, 1.82) is 0 Å². The van der Waals surface area contributed by atoms with Gasteiger partial charge >= 0.3 is 0 Å². The molecule has 3 N–H and O–H groups in total. The van der Waals surface area contributed by atoms with E-state index in [0.717, 1.165) is 29.2 Å². The van der Waals surface area contributed by atoms with Crippen molar-refractivity contribution in [2.24, 2.45) is 0 Å². The van der Waals surface area contributed by atoms with Crippen LogP contribution in [-0.2, 0) is 6.42 Å². The van der Waals surface area contributed by atoms with E-state index in [0.29, 0.717) is 6.42 Å². The normalized spacial score (nSPS) is 16.2. The molecule has 0 spiro atoms. The molecule has 1 heterocycles. The molecule has 5 nitrogen and oxygen atoms in total. The Morgan fingerprint density at radius 2 is 1.96 bits per heavy atom. The lowest BCUT2D eigenvalue weighted by Gasteiger charge is -2.26. The maximum absolute atomic E-state index is 12.4. The van der Waals surface area contributed by atoms with Crippen molar-refractivity contribution in [3.05, 3.63) is 59.2 Å². The van der Waals surface area contributed by atoms with E-state index in [-0.39, 0.29) is 40.8 Å². The second-order valence-electron chi connectivity index (χ2n) is 6.42. The van der Waals surface area contributed by atoms with E-state index in [4.69, 9.17) is 4.74 Å². The van der Waals surface area contributed by atoms with Gasteiger partial charge in [-0.15, -0.1) is 6.58 Å². The van der Waals surface area contributed by atoms with E-state index in [1.54, 1.807) is 12.1 Å². The molecule has 25 heavy (non-hydrogen) atoms. The van der Waals surface area contributed by atoms with Gasteiger partial charge in [-0.1, -0.05) is 11.6 Å². The zero-order valence-electron chi connectivity index (χ0n) is 14.0. The van der Waals surface area contributed by atoms with Gasteiger partial charge in [0, 0.05) is 12.1 Å². The third-order valence-electron chi connectivity index (χ3n) is 4.28. The van der Waals surface area contributed by atoms with Crippen molar-refractivity contribution in [2.75, 3.05) is 0 Å². The van der Waals surface area contributed by atoms with Crippen LogP contribution in [0.3, 0.4) is 0 Å². The van der Waals surface area contributed by atoms with E-state index >= 15 is 0 Å². The van der Waals surface area contributed by atoms with Crippen molar-refractivity contribution in [3.63, 3.8) is 0 Å². The van der Waals surface area contributed by atoms with Crippen LogP contribution in [0.4, 0.5) is 0 Å². The van der Waals surface area contributed by atoms with Crippen LogP contribution in [0, 0.1) is 0 Å². The van der Waals surface area contributed by atoms with Crippen molar-refractivity contribution >= 4 is 5.78 Å². The highest BCUT2D eigenvalue weighted by atomic mass is 16.5. The number of phenols is 3. The summed E-state index contributed by atoms with van der Waals surface area (Å²) in [5, 5.41) is 29.5. The van der Waals surface area contributed by atoms with Gasteiger partial charge in [-0.05, 0) is 43.0 Å². The van der Waals surface area contributed by atoms with Crippen LogP contribution in [0.15, 0.2) is 42.5 Å². The molecule has 2 aromatic rings. The van der Waals surface area contributed by atoms with Crippen molar-refractivity contribution in [2.45, 2.75) is 32.3 Å². The van der Waals surface area contributed by atoms with E-state index in [1.165, 1.54) is 6.07 Å². The molecule has 0 fully saturated rings. The van der Waals surface area contributed by atoms with Gasteiger partial charge in [0.2, 0.25) is 0 Å². The SMILES string of the molecule is C=C(C)CCc1cc(C2CC(=O)c3c(O)cc(O)cc3O2)ccc1O. The highest BCUT2D eigenvalue weighted by Gasteiger charge is 2.31. The molecular weight excluding hydrogens is 320 g/mol. The maximum Gasteiger partial charge on any atom is 0.174 e. The fraction of sp³-hybridized carbons (Fsp3) is 0.250. The minimum atomic E-state index is -0.537. The van der Waals surface area contributed by atoms with Gasteiger partial charge in [-0.2, -0.15) is 0 Å². The van der Waals surface area contributed by atoms with Crippen LogP contribution in [0.2, 0.25) is 0 Å². The first-order valence-corrected chi connectivity index (χ1v) is 8.07. The van der Waals surface area contributed by atoms with Gasteiger partial charge in [-0.3, -0.25) is 4.79 Å². The average molecular weight is 340 g/mol. The second-order valence-corrected chi connectivity index (χ2v) is 6.42. The predicted molar refractivity (Wildman–Crippen MR) is 93.3 cm³/mol. The van der Waals surface area contributed by atoms with E-state index in [1.807, 2.05) is 13.0 Å². The molecular formula is C20H20O5. The summed E-state index contributed by atoms with van der Waals surface area (Å²) in [4.78, 5) is 12.4. The lowest BCUT2D eigenvalue weighted by atomic mass is 9.93. The smallest absolute Gasteiger partial charge is 0.174 e. The molecule has 3 rings (SSSR count). The zero-order chi connectivity index (χ0) is 18.1. The monoisotopic (exact) mass is 340 g/mol. The summed E-state index contributed by atoms with van der Waals surface area (Å²) in [6, 6.07) is 7.57. The average Bonchev–Trinajstić information content (AvgIpc) is 2.52. The van der Waals surface area contributed by atoms with Crippen molar-refractivity contribution in [3.8, 4) is 23.0 Å². The van der Waals surface area contributed by atoms with Crippen molar-refractivity contribution in [1.82, 2.24) is 0 Å². The summed E-state index contributed by atoms with van der Waals surface area (Å²) in [7, 11) is 0. The Labute approximate surface area is 145 Å². The lowest BCUT2D eigenvalue weighted by molar-refractivity contribution is 0.0845. The summed E-state index contributed by atoms with van der Waals surface area (Å²) in [6.07, 6.45) is 0.945. The number of hydrogen-bond acceptors (Lipinski definition) is 5. The maximum atomic E-state index is 12.4. The third-order valence-corrected chi connectivity index (χ3v) is 4.28. The first-order chi connectivity index (χ1) is 11.8. The molecule has 0 aliphatic carbocycles. The van der Waals surface area contributed by atoms with Crippen LogP contribution >= 0.6 is 0 Å². The molecule has 5 heteroatoms. The Hall–Kier alpha value is -2.95. The molecule has 1 atom stereocenters. The number of ketones is 1. The molecule has 2 aromatic carbocycles.